The maximum atomic E-state index is 13.4. The number of amides is 1. The number of anilines is 1. The van der Waals surface area contributed by atoms with E-state index in [0.717, 1.165) is 5.56 Å². The molecule has 31 heavy (non-hydrogen) atoms. The molecule has 8 nitrogen and oxygen atoms in total. The molecule has 0 aliphatic carbocycles. The average Bonchev–Trinajstić information content (AvgIpc) is 3.24. The third-order valence-electron chi connectivity index (χ3n) is 5.29. The maximum Gasteiger partial charge on any atom is 0.283 e. The van der Waals surface area contributed by atoms with E-state index in [1.807, 2.05) is 36.4 Å². The molecule has 3 aromatic carbocycles. The van der Waals surface area contributed by atoms with Crippen molar-refractivity contribution in [2.75, 3.05) is 12.1 Å². The molecule has 0 radical (unpaired) electrons. The third kappa shape index (κ3) is 3.46. The molecule has 1 unspecified atom stereocenters. The van der Waals surface area contributed by atoms with E-state index in [1.54, 1.807) is 23.1 Å². The number of carbonyl (C=O) groups is 1. The smallest absolute Gasteiger partial charge is 0.283 e. The lowest BCUT2D eigenvalue weighted by Crippen LogP contribution is -2.42. The lowest BCUT2D eigenvalue weighted by molar-refractivity contribution is -0.385. The lowest BCUT2D eigenvalue weighted by atomic mass is 10.0. The van der Waals surface area contributed by atoms with Gasteiger partial charge in [-0.1, -0.05) is 24.3 Å². The summed E-state index contributed by atoms with van der Waals surface area (Å²) < 4.78 is 11.2. The Morgan fingerprint density at radius 3 is 2.74 bits per heavy atom. The Bertz CT molecular complexity index is 1220. The normalized spacial score (nSPS) is 16.6. The van der Waals surface area contributed by atoms with Crippen LogP contribution in [0, 0.1) is 10.1 Å². The molecule has 156 valence electrons. The van der Waals surface area contributed by atoms with Gasteiger partial charge in [0, 0.05) is 23.9 Å². The van der Waals surface area contributed by atoms with Gasteiger partial charge in [0.25, 0.3) is 11.6 Å². The lowest BCUT2D eigenvalue weighted by Gasteiger charge is -2.38. The first-order valence-corrected chi connectivity index (χ1v) is 10.3. The highest BCUT2D eigenvalue weighted by molar-refractivity contribution is 9.10. The second kappa shape index (κ2) is 7.59. The highest BCUT2D eigenvalue weighted by atomic mass is 79.9. The fourth-order valence-electron chi connectivity index (χ4n) is 3.79. The van der Waals surface area contributed by atoms with Gasteiger partial charge in [-0.25, -0.2) is 0 Å². The molecule has 3 aromatic rings. The number of ether oxygens (including phenoxy) is 2. The van der Waals surface area contributed by atoms with Gasteiger partial charge < -0.3 is 19.7 Å². The van der Waals surface area contributed by atoms with Crippen molar-refractivity contribution in [1.82, 2.24) is 4.90 Å². The summed E-state index contributed by atoms with van der Waals surface area (Å²) in [6.07, 6.45) is -0.584. The maximum absolute atomic E-state index is 13.4. The van der Waals surface area contributed by atoms with E-state index in [9.17, 15) is 14.9 Å². The number of halogens is 1. The van der Waals surface area contributed by atoms with Crippen LogP contribution in [0.1, 0.15) is 27.7 Å². The Morgan fingerprint density at radius 1 is 1.10 bits per heavy atom. The number of hydrogen-bond donors (Lipinski definition) is 1. The minimum absolute atomic E-state index is 0.0614. The van der Waals surface area contributed by atoms with Gasteiger partial charge in [0.05, 0.1) is 15.0 Å². The zero-order valence-electron chi connectivity index (χ0n) is 16.1. The number of nitrogens with zero attached hydrogens (tertiary/aromatic N) is 2. The molecule has 1 amide bonds. The minimum Gasteiger partial charge on any atom is -0.454 e. The van der Waals surface area contributed by atoms with Gasteiger partial charge in [-0.05, 0) is 51.8 Å². The fourth-order valence-corrected chi connectivity index (χ4v) is 4.19. The first-order chi connectivity index (χ1) is 15.0. The quantitative estimate of drug-likeness (QED) is 0.422. The van der Waals surface area contributed by atoms with E-state index in [-0.39, 0.29) is 24.9 Å². The highest BCUT2D eigenvalue weighted by Gasteiger charge is 2.34. The summed E-state index contributed by atoms with van der Waals surface area (Å²) in [6.45, 7) is 0.451. The van der Waals surface area contributed by atoms with E-state index in [4.69, 9.17) is 9.47 Å². The summed E-state index contributed by atoms with van der Waals surface area (Å²) in [5, 5.41) is 14.8. The van der Waals surface area contributed by atoms with Crippen LogP contribution >= 0.6 is 15.9 Å². The van der Waals surface area contributed by atoms with Gasteiger partial charge in [0.15, 0.2) is 11.5 Å². The minimum atomic E-state index is -0.584. The molecule has 0 spiro atoms. The number of nitro benzene ring substituents is 1. The zero-order valence-corrected chi connectivity index (χ0v) is 17.7. The molecule has 1 N–H and O–H groups in total. The van der Waals surface area contributed by atoms with E-state index >= 15 is 0 Å². The summed E-state index contributed by atoms with van der Waals surface area (Å²) in [4.78, 5) is 26.1. The van der Waals surface area contributed by atoms with Crippen LogP contribution < -0.4 is 14.8 Å². The second-order valence-electron chi connectivity index (χ2n) is 7.18. The summed E-state index contributed by atoms with van der Waals surface area (Å²) in [5.41, 5.74) is 2.64. The van der Waals surface area contributed by atoms with Crippen LogP contribution in [0.25, 0.3) is 0 Å². The standard InChI is InChI=1S/C22H16BrN3O5/c23-16-7-6-14(10-18(16)26(28)29)21-24-17-4-2-1-3-15(17)22(27)25(21)11-13-5-8-19-20(9-13)31-12-30-19/h1-10,21,24H,11-12H2. The molecule has 0 saturated heterocycles. The van der Waals surface area contributed by atoms with Crippen molar-refractivity contribution in [1.29, 1.82) is 0 Å². The van der Waals surface area contributed by atoms with Crippen LogP contribution in [-0.2, 0) is 6.54 Å². The second-order valence-corrected chi connectivity index (χ2v) is 8.04. The number of carbonyl (C=O) groups excluding carboxylic acids is 1. The van der Waals surface area contributed by atoms with Crippen LogP contribution in [0.4, 0.5) is 11.4 Å². The number of benzene rings is 3. The Hall–Kier alpha value is -3.59. The van der Waals surface area contributed by atoms with Crippen molar-refractivity contribution in [2.45, 2.75) is 12.7 Å². The summed E-state index contributed by atoms with van der Waals surface area (Å²) in [5.74, 6) is 1.13. The van der Waals surface area contributed by atoms with Crippen molar-refractivity contribution in [3.05, 3.63) is 91.9 Å². The van der Waals surface area contributed by atoms with Crippen LogP contribution in [0.5, 0.6) is 11.5 Å². The van der Waals surface area contributed by atoms with E-state index in [0.29, 0.717) is 32.8 Å². The summed E-state index contributed by atoms with van der Waals surface area (Å²) in [7, 11) is 0. The van der Waals surface area contributed by atoms with Gasteiger partial charge >= 0.3 is 0 Å². The number of fused-ring (bicyclic) bond motifs is 2. The molecule has 5 rings (SSSR count). The number of hydrogen-bond acceptors (Lipinski definition) is 6. The predicted molar refractivity (Wildman–Crippen MR) is 116 cm³/mol. The number of nitrogens with one attached hydrogen (secondary N) is 1. The van der Waals surface area contributed by atoms with E-state index in [2.05, 4.69) is 21.2 Å². The van der Waals surface area contributed by atoms with Crippen molar-refractivity contribution in [2.24, 2.45) is 0 Å². The fraction of sp³-hybridized carbons (Fsp3) is 0.136. The topological polar surface area (TPSA) is 93.9 Å². The van der Waals surface area contributed by atoms with Crippen molar-refractivity contribution >= 4 is 33.2 Å². The molecule has 1 atom stereocenters. The zero-order chi connectivity index (χ0) is 21.5. The number of nitro groups is 1. The Balaban J connectivity index is 1.56. The number of rotatable bonds is 4. The molecule has 0 saturated carbocycles. The van der Waals surface area contributed by atoms with E-state index in [1.165, 1.54) is 6.07 Å². The van der Waals surface area contributed by atoms with Crippen LogP contribution in [0.15, 0.2) is 65.1 Å². The largest absolute Gasteiger partial charge is 0.454 e. The van der Waals surface area contributed by atoms with Crippen molar-refractivity contribution < 1.29 is 19.2 Å². The average molecular weight is 482 g/mol. The Labute approximate surface area is 185 Å². The highest BCUT2D eigenvalue weighted by Crippen LogP contribution is 2.38. The molecule has 0 aromatic heterocycles. The molecular formula is C22H16BrN3O5. The molecule has 2 heterocycles. The van der Waals surface area contributed by atoms with Gasteiger partial charge in [-0.2, -0.15) is 0 Å². The van der Waals surface area contributed by atoms with Gasteiger partial charge in [0.2, 0.25) is 6.79 Å². The van der Waals surface area contributed by atoms with Crippen LogP contribution in [0.2, 0.25) is 0 Å². The van der Waals surface area contributed by atoms with Gasteiger partial charge in [0.1, 0.15) is 6.17 Å². The Kier molecular flexibility index (Phi) is 4.74. The van der Waals surface area contributed by atoms with Gasteiger partial charge in [-0.15, -0.1) is 0 Å². The monoisotopic (exact) mass is 481 g/mol. The Morgan fingerprint density at radius 2 is 1.90 bits per heavy atom. The van der Waals surface area contributed by atoms with Crippen LogP contribution in [-0.4, -0.2) is 22.5 Å². The van der Waals surface area contributed by atoms with Crippen LogP contribution in [0.3, 0.4) is 0 Å². The van der Waals surface area contributed by atoms with Gasteiger partial charge in [-0.3, -0.25) is 14.9 Å². The molecule has 0 bridgehead atoms. The molecule has 2 aliphatic rings. The first kappa shape index (κ1) is 19.4. The van der Waals surface area contributed by atoms with E-state index < -0.39 is 11.1 Å². The number of para-hydroxylation sites is 1. The molecular weight excluding hydrogens is 466 g/mol. The summed E-state index contributed by atoms with van der Waals surface area (Å²) in [6, 6.07) is 17.6. The third-order valence-corrected chi connectivity index (χ3v) is 5.97. The molecule has 0 fully saturated rings. The molecule has 9 heteroatoms. The predicted octanol–water partition coefficient (Wildman–Crippen LogP) is 4.85. The SMILES string of the molecule is O=C1c2ccccc2NC(c2ccc(Br)c([N+](=O)[O-])c2)N1Cc1ccc2c(c1)OCO2. The molecule has 2 aliphatic heterocycles. The first-order valence-electron chi connectivity index (χ1n) is 9.50. The summed E-state index contributed by atoms with van der Waals surface area (Å²) >= 11 is 3.22. The van der Waals surface area contributed by atoms with Crippen molar-refractivity contribution in [3.8, 4) is 11.5 Å². The van der Waals surface area contributed by atoms with Crippen molar-refractivity contribution in [3.63, 3.8) is 0 Å².